The molecule has 0 spiro atoms. The Morgan fingerprint density at radius 2 is 1.81 bits per heavy atom. The first-order valence-corrected chi connectivity index (χ1v) is 10.5. The molecule has 0 atom stereocenters. The molecule has 0 radical (unpaired) electrons. The average molecular weight is 449 g/mol. The lowest BCUT2D eigenvalue weighted by molar-refractivity contribution is 0.170. The smallest absolute Gasteiger partial charge is 0.453 e. The Hall–Kier alpha value is -3.29. The normalized spacial score (nSPS) is 12.7. The van der Waals surface area contributed by atoms with Gasteiger partial charge in [-0.2, -0.15) is 0 Å². The summed E-state index contributed by atoms with van der Waals surface area (Å²) in [5.74, 6) is 0. The molecule has 2 aromatic carbocycles. The Labute approximate surface area is 178 Å². The number of ether oxygens (including phenoxy) is 2. The minimum Gasteiger partial charge on any atom is -0.453 e. The van der Waals surface area contributed by atoms with Crippen LogP contribution in [0.3, 0.4) is 0 Å². The van der Waals surface area contributed by atoms with Gasteiger partial charge in [-0.15, -0.1) is 0 Å². The first kappa shape index (κ1) is 22.4. The van der Waals surface area contributed by atoms with Gasteiger partial charge in [0.05, 0.1) is 25.7 Å². The molecule has 1 heterocycles. The molecular formula is C18H20BN3O8S. The predicted molar refractivity (Wildman–Crippen MR) is 111 cm³/mol. The largest absolute Gasteiger partial charge is 0.491 e. The van der Waals surface area contributed by atoms with E-state index in [0.717, 1.165) is 5.56 Å². The summed E-state index contributed by atoms with van der Waals surface area (Å²) < 4.78 is 42.7. The van der Waals surface area contributed by atoms with E-state index in [-0.39, 0.29) is 35.0 Å². The van der Waals surface area contributed by atoms with Crippen molar-refractivity contribution >= 4 is 46.2 Å². The molecule has 1 aliphatic rings. The summed E-state index contributed by atoms with van der Waals surface area (Å²) in [6, 6.07) is 8.76. The fourth-order valence-corrected chi connectivity index (χ4v) is 4.23. The molecule has 3 rings (SSSR count). The third-order valence-corrected chi connectivity index (χ3v) is 5.93. The van der Waals surface area contributed by atoms with Crippen molar-refractivity contribution in [3.63, 3.8) is 0 Å². The molecule has 0 aliphatic carbocycles. The van der Waals surface area contributed by atoms with Crippen molar-refractivity contribution in [1.82, 2.24) is 5.32 Å². The highest BCUT2D eigenvalue weighted by atomic mass is 32.2. The summed E-state index contributed by atoms with van der Waals surface area (Å²) in [6.07, 6.45) is -1.49. The van der Waals surface area contributed by atoms with Gasteiger partial charge in [0, 0.05) is 17.9 Å². The number of anilines is 2. The highest BCUT2D eigenvalue weighted by Crippen LogP contribution is 2.24. The van der Waals surface area contributed by atoms with E-state index in [1.165, 1.54) is 38.5 Å². The Balaban J connectivity index is 1.91. The number of rotatable bonds is 6. The van der Waals surface area contributed by atoms with Crippen LogP contribution in [-0.4, -0.2) is 47.0 Å². The van der Waals surface area contributed by atoms with E-state index in [9.17, 15) is 23.0 Å². The van der Waals surface area contributed by atoms with E-state index in [4.69, 9.17) is 4.65 Å². The Morgan fingerprint density at radius 1 is 1.10 bits per heavy atom. The number of hydrogen-bond donors (Lipinski definition) is 4. The number of carbonyl (C=O) groups excluding carboxylic acids is 2. The van der Waals surface area contributed by atoms with Crippen LogP contribution in [0, 0.1) is 0 Å². The molecule has 0 bridgehead atoms. The second kappa shape index (κ2) is 9.24. The minimum atomic E-state index is -4.09. The van der Waals surface area contributed by atoms with Crippen LogP contribution < -0.4 is 20.8 Å². The van der Waals surface area contributed by atoms with Crippen LogP contribution in [0.1, 0.15) is 11.1 Å². The molecule has 13 heteroatoms. The lowest BCUT2D eigenvalue weighted by atomic mass is 9.79. The van der Waals surface area contributed by atoms with Crippen molar-refractivity contribution in [3.05, 3.63) is 47.5 Å². The zero-order valence-electron chi connectivity index (χ0n) is 16.7. The summed E-state index contributed by atoms with van der Waals surface area (Å²) in [5.41, 5.74) is 1.93. The van der Waals surface area contributed by atoms with Crippen LogP contribution >= 0.6 is 0 Å². The van der Waals surface area contributed by atoms with E-state index in [2.05, 4.69) is 24.8 Å². The van der Waals surface area contributed by atoms with Crippen LogP contribution in [-0.2, 0) is 37.3 Å². The molecule has 31 heavy (non-hydrogen) atoms. The molecular weight excluding hydrogens is 429 g/mol. The van der Waals surface area contributed by atoms with Crippen molar-refractivity contribution in [3.8, 4) is 0 Å². The van der Waals surface area contributed by atoms with Crippen LogP contribution in [0.2, 0.25) is 0 Å². The summed E-state index contributed by atoms with van der Waals surface area (Å²) in [7, 11) is -2.85. The third kappa shape index (κ3) is 5.26. The maximum atomic E-state index is 13.0. The first-order valence-electron chi connectivity index (χ1n) is 8.98. The van der Waals surface area contributed by atoms with Gasteiger partial charge >= 0.3 is 19.3 Å². The molecule has 0 saturated heterocycles. The highest BCUT2D eigenvalue weighted by Gasteiger charge is 2.28. The summed E-state index contributed by atoms with van der Waals surface area (Å²) >= 11 is 0. The number of carbonyl (C=O) groups is 2. The van der Waals surface area contributed by atoms with Crippen LogP contribution in [0.15, 0.2) is 41.3 Å². The standard InChI is InChI=1S/C18H20BN3O8S/c1-28-17(23)20-9-12-7-13(21-18(24)29-2)5-6-16(12)31(26,27)22-14-4-3-11-10-30-19(25)15(11)8-14/h3-8,22,25H,9-10H2,1-2H3,(H,20,23)(H,21,24). The minimum absolute atomic E-state index is 0.128. The van der Waals surface area contributed by atoms with Gasteiger partial charge in [-0.3, -0.25) is 10.0 Å². The van der Waals surface area contributed by atoms with Gasteiger partial charge in [-0.25, -0.2) is 18.0 Å². The molecule has 2 amide bonds. The Morgan fingerprint density at radius 3 is 2.52 bits per heavy atom. The predicted octanol–water partition coefficient (Wildman–Crippen LogP) is 0.739. The Kier molecular flexibility index (Phi) is 6.68. The number of nitrogens with one attached hydrogen (secondary N) is 3. The second-order valence-electron chi connectivity index (χ2n) is 6.47. The molecule has 2 aromatic rings. The number of fused-ring (bicyclic) bond motifs is 1. The van der Waals surface area contributed by atoms with E-state index in [0.29, 0.717) is 5.46 Å². The monoisotopic (exact) mass is 449 g/mol. The average Bonchev–Trinajstić information content (AvgIpc) is 3.11. The maximum Gasteiger partial charge on any atom is 0.491 e. The summed E-state index contributed by atoms with van der Waals surface area (Å²) in [5, 5.41) is 14.7. The quantitative estimate of drug-likeness (QED) is 0.472. The molecule has 164 valence electrons. The molecule has 0 aromatic heterocycles. The summed E-state index contributed by atoms with van der Waals surface area (Å²) in [6.45, 7) is 0.0535. The van der Waals surface area contributed by atoms with Gasteiger partial charge in [0.15, 0.2) is 0 Å². The van der Waals surface area contributed by atoms with Crippen LogP contribution in [0.25, 0.3) is 0 Å². The van der Waals surface area contributed by atoms with Gasteiger partial charge in [-0.1, -0.05) is 6.07 Å². The molecule has 0 fully saturated rings. The summed E-state index contributed by atoms with van der Waals surface area (Å²) in [4.78, 5) is 22.8. The van der Waals surface area contributed by atoms with E-state index < -0.39 is 29.3 Å². The number of amides is 2. The van der Waals surface area contributed by atoms with Gasteiger partial charge in [0.1, 0.15) is 0 Å². The first-order chi connectivity index (χ1) is 14.7. The molecule has 11 nitrogen and oxygen atoms in total. The zero-order valence-corrected chi connectivity index (χ0v) is 17.5. The molecule has 0 unspecified atom stereocenters. The van der Waals surface area contributed by atoms with Crippen molar-refractivity contribution in [1.29, 1.82) is 0 Å². The van der Waals surface area contributed by atoms with Gasteiger partial charge in [0.2, 0.25) is 0 Å². The number of benzene rings is 2. The molecule has 0 saturated carbocycles. The van der Waals surface area contributed by atoms with Gasteiger partial charge in [0.25, 0.3) is 10.0 Å². The second-order valence-corrected chi connectivity index (χ2v) is 8.12. The number of hydrogen-bond acceptors (Lipinski definition) is 8. The van der Waals surface area contributed by atoms with E-state index in [1.54, 1.807) is 12.1 Å². The number of sulfonamides is 1. The molecule has 4 N–H and O–H groups in total. The SMILES string of the molecule is COC(=O)NCc1cc(NC(=O)OC)ccc1S(=O)(=O)Nc1ccc2c(c1)B(O)OC2. The lowest BCUT2D eigenvalue weighted by Crippen LogP contribution is -2.28. The molecule has 1 aliphatic heterocycles. The van der Waals surface area contributed by atoms with Gasteiger partial charge < -0.3 is 24.5 Å². The van der Waals surface area contributed by atoms with Gasteiger partial charge in [-0.05, 0) is 46.9 Å². The third-order valence-electron chi connectivity index (χ3n) is 4.45. The number of alkyl carbamates (subject to hydrolysis) is 1. The lowest BCUT2D eigenvalue weighted by Gasteiger charge is -2.15. The fraction of sp³-hybridized carbons (Fsp3) is 0.222. The van der Waals surface area contributed by atoms with Crippen molar-refractivity contribution < 1.29 is 37.2 Å². The maximum absolute atomic E-state index is 13.0. The van der Waals surface area contributed by atoms with Crippen LogP contribution in [0.5, 0.6) is 0 Å². The van der Waals surface area contributed by atoms with Crippen molar-refractivity contribution in [2.75, 3.05) is 24.3 Å². The highest BCUT2D eigenvalue weighted by molar-refractivity contribution is 7.92. The number of methoxy groups -OCH3 is 2. The van der Waals surface area contributed by atoms with E-state index >= 15 is 0 Å². The van der Waals surface area contributed by atoms with E-state index in [1.807, 2.05) is 0 Å². The topological polar surface area (TPSA) is 152 Å². The fourth-order valence-electron chi connectivity index (χ4n) is 2.95. The van der Waals surface area contributed by atoms with Crippen molar-refractivity contribution in [2.24, 2.45) is 0 Å². The van der Waals surface area contributed by atoms with Crippen LogP contribution in [0.4, 0.5) is 21.0 Å². The Bertz CT molecular complexity index is 1110. The van der Waals surface area contributed by atoms with Crippen molar-refractivity contribution in [2.45, 2.75) is 18.0 Å². The zero-order chi connectivity index (χ0) is 22.6.